The van der Waals surface area contributed by atoms with E-state index in [1.807, 2.05) is 0 Å². The largest absolute Gasteiger partial charge is 0.396 e. The summed E-state index contributed by atoms with van der Waals surface area (Å²) in [4.78, 5) is 10.6. The van der Waals surface area contributed by atoms with Gasteiger partial charge in [0.25, 0.3) is 0 Å². The molecule has 6 heteroatoms. The summed E-state index contributed by atoms with van der Waals surface area (Å²) in [5, 5.41) is 10.4. The molecule has 0 saturated heterocycles. The van der Waals surface area contributed by atoms with Crippen LogP contribution in [0.4, 0.5) is 13.2 Å². The quantitative estimate of drug-likeness (QED) is 0.699. The number of aliphatic hydroxyl groups is 1. The first-order valence-electron chi connectivity index (χ1n) is 3.86. The Balaban J connectivity index is 3.93. The summed E-state index contributed by atoms with van der Waals surface area (Å²) in [5.41, 5.74) is 0. The summed E-state index contributed by atoms with van der Waals surface area (Å²) in [5.74, 6) is -2.33. The van der Waals surface area contributed by atoms with Crippen LogP contribution in [0.5, 0.6) is 0 Å². The van der Waals surface area contributed by atoms with Gasteiger partial charge in [-0.15, -0.1) is 0 Å². The molecule has 0 bridgehead atoms. The number of hydrogen-bond acceptors (Lipinski definition) is 2. The predicted octanol–water partition coefficient (Wildman–Crippen LogP) is 0.683. The monoisotopic (exact) mass is 199 g/mol. The Morgan fingerprint density at radius 3 is 2.38 bits per heavy atom. The Hall–Kier alpha value is -0.780. The van der Waals surface area contributed by atoms with E-state index in [1.54, 1.807) is 0 Å². The van der Waals surface area contributed by atoms with Crippen LogP contribution < -0.4 is 5.32 Å². The van der Waals surface area contributed by atoms with Crippen LogP contribution in [-0.2, 0) is 4.79 Å². The molecule has 0 fully saturated rings. The molecule has 13 heavy (non-hydrogen) atoms. The molecule has 0 spiro atoms. The van der Waals surface area contributed by atoms with Gasteiger partial charge in [-0.05, 0) is 0 Å². The van der Waals surface area contributed by atoms with Crippen LogP contribution in [0.1, 0.15) is 13.3 Å². The smallest absolute Gasteiger partial charge is 0.395 e. The number of hydrogen-bond donors (Lipinski definition) is 2. The van der Waals surface area contributed by atoms with E-state index < -0.39 is 31.2 Å². The van der Waals surface area contributed by atoms with Gasteiger partial charge in [0, 0.05) is 13.0 Å². The fourth-order valence-electron chi connectivity index (χ4n) is 0.646. The highest BCUT2D eigenvalue weighted by atomic mass is 19.4. The second kappa shape index (κ2) is 5.06. The number of nitrogens with one attached hydrogen (secondary N) is 1. The van der Waals surface area contributed by atoms with Crippen LogP contribution in [0, 0.1) is 5.92 Å². The molecule has 0 aliphatic rings. The fraction of sp³-hybridized carbons (Fsp3) is 0.857. The fourth-order valence-corrected chi connectivity index (χ4v) is 0.646. The van der Waals surface area contributed by atoms with Gasteiger partial charge in [0.1, 0.15) is 0 Å². The molecular formula is C7H12F3NO2. The number of aliphatic hydroxyl groups excluding tert-OH is 1. The summed E-state index contributed by atoms with van der Waals surface area (Å²) < 4.78 is 35.9. The van der Waals surface area contributed by atoms with Crippen LogP contribution in [0.15, 0.2) is 0 Å². The van der Waals surface area contributed by atoms with Crippen molar-refractivity contribution < 1.29 is 23.1 Å². The summed E-state index contributed by atoms with van der Waals surface area (Å²) in [6.45, 7) is -0.0307. The first kappa shape index (κ1) is 12.2. The van der Waals surface area contributed by atoms with Crippen LogP contribution in [0.3, 0.4) is 0 Å². The third-order valence-electron chi connectivity index (χ3n) is 1.55. The SMILES string of the molecule is CCC(=O)NCC(CO)C(F)(F)F. The average Bonchev–Trinajstić information content (AvgIpc) is 2.02. The topological polar surface area (TPSA) is 49.3 Å². The number of carbonyl (C=O) groups excluding carboxylic acids is 1. The molecule has 0 saturated carbocycles. The minimum Gasteiger partial charge on any atom is -0.396 e. The van der Waals surface area contributed by atoms with Crippen molar-refractivity contribution in [2.75, 3.05) is 13.2 Å². The number of amides is 1. The van der Waals surface area contributed by atoms with Crippen molar-refractivity contribution in [3.05, 3.63) is 0 Å². The highest BCUT2D eigenvalue weighted by Crippen LogP contribution is 2.24. The summed E-state index contributed by atoms with van der Waals surface area (Å²) in [6, 6.07) is 0. The highest BCUT2D eigenvalue weighted by molar-refractivity contribution is 5.75. The molecule has 0 aliphatic carbocycles. The average molecular weight is 199 g/mol. The molecule has 0 aromatic heterocycles. The molecule has 1 unspecified atom stereocenters. The van der Waals surface area contributed by atoms with E-state index in [2.05, 4.69) is 5.32 Å². The Bertz CT molecular complexity index is 170. The summed E-state index contributed by atoms with van der Waals surface area (Å²) in [7, 11) is 0. The number of carbonyl (C=O) groups is 1. The maximum Gasteiger partial charge on any atom is 0.395 e. The molecule has 0 aliphatic heterocycles. The minimum atomic E-state index is -4.46. The third kappa shape index (κ3) is 4.72. The van der Waals surface area contributed by atoms with Crippen molar-refractivity contribution in [2.24, 2.45) is 5.92 Å². The van der Waals surface area contributed by atoms with E-state index in [0.29, 0.717) is 0 Å². The Labute approximate surface area is 73.9 Å². The van der Waals surface area contributed by atoms with Gasteiger partial charge in [-0.3, -0.25) is 4.79 Å². The summed E-state index contributed by atoms with van der Waals surface area (Å²) in [6.07, 6.45) is -4.33. The Kier molecular flexibility index (Phi) is 4.76. The molecule has 0 aromatic rings. The zero-order valence-corrected chi connectivity index (χ0v) is 7.19. The van der Waals surface area contributed by atoms with E-state index in [9.17, 15) is 18.0 Å². The van der Waals surface area contributed by atoms with E-state index in [1.165, 1.54) is 6.92 Å². The first-order chi connectivity index (χ1) is 5.91. The molecule has 2 N–H and O–H groups in total. The van der Waals surface area contributed by atoms with Crippen molar-refractivity contribution >= 4 is 5.91 Å². The lowest BCUT2D eigenvalue weighted by atomic mass is 10.1. The second-order valence-corrected chi connectivity index (χ2v) is 2.58. The second-order valence-electron chi connectivity index (χ2n) is 2.58. The molecule has 1 amide bonds. The lowest BCUT2D eigenvalue weighted by Crippen LogP contribution is -2.38. The predicted molar refractivity (Wildman–Crippen MR) is 39.9 cm³/mol. The van der Waals surface area contributed by atoms with Gasteiger partial charge < -0.3 is 10.4 Å². The van der Waals surface area contributed by atoms with E-state index >= 15 is 0 Å². The maximum atomic E-state index is 12.0. The van der Waals surface area contributed by atoms with Gasteiger partial charge >= 0.3 is 6.18 Å². The van der Waals surface area contributed by atoms with E-state index in [-0.39, 0.29) is 6.42 Å². The number of alkyl halides is 3. The molecule has 78 valence electrons. The van der Waals surface area contributed by atoms with Crippen molar-refractivity contribution in [1.82, 2.24) is 5.32 Å². The van der Waals surface area contributed by atoms with Gasteiger partial charge in [-0.25, -0.2) is 0 Å². The van der Waals surface area contributed by atoms with E-state index in [4.69, 9.17) is 5.11 Å². The molecule has 0 heterocycles. The van der Waals surface area contributed by atoms with Gasteiger partial charge in [0.2, 0.25) is 5.91 Å². The molecule has 3 nitrogen and oxygen atoms in total. The van der Waals surface area contributed by atoms with Gasteiger partial charge in [-0.1, -0.05) is 6.92 Å². The Morgan fingerprint density at radius 2 is 2.08 bits per heavy atom. The molecule has 0 rings (SSSR count). The minimum absolute atomic E-state index is 0.135. The zero-order valence-electron chi connectivity index (χ0n) is 7.19. The van der Waals surface area contributed by atoms with Gasteiger partial charge in [0.15, 0.2) is 0 Å². The van der Waals surface area contributed by atoms with Crippen LogP contribution >= 0.6 is 0 Å². The zero-order chi connectivity index (χ0) is 10.5. The van der Waals surface area contributed by atoms with Crippen molar-refractivity contribution in [3.8, 4) is 0 Å². The normalized spacial score (nSPS) is 13.9. The standard InChI is InChI=1S/C7H12F3NO2/c1-2-6(13)11-3-5(4-12)7(8,9)10/h5,12H,2-4H2,1H3,(H,11,13). The molecule has 1 atom stereocenters. The maximum absolute atomic E-state index is 12.0. The first-order valence-corrected chi connectivity index (χ1v) is 3.86. The summed E-state index contributed by atoms with van der Waals surface area (Å²) >= 11 is 0. The number of halogens is 3. The third-order valence-corrected chi connectivity index (χ3v) is 1.55. The number of rotatable bonds is 4. The molecule has 0 radical (unpaired) electrons. The van der Waals surface area contributed by atoms with Crippen LogP contribution in [-0.4, -0.2) is 30.3 Å². The molecule has 0 aromatic carbocycles. The molecular weight excluding hydrogens is 187 g/mol. The van der Waals surface area contributed by atoms with Crippen molar-refractivity contribution in [3.63, 3.8) is 0 Å². The van der Waals surface area contributed by atoms with Gasteiger partial charge in [0.05, 0.1) is 12.5 Å². The van der Waals surface area contributed by atoms with Crippen molar-refractivity contribution in [1.29, 1.82) is 0 Å². The van der Waals surface area contributed by atoms with Crippen LogP contribution in [0.2, 0.25) is 0 Å². The van der Waals surface area contributed by atoms with Gasteiger partial charge in [-0.2, -0.15) is 13.2 Å². The highest BCUT2D eigenvalue weighted by Gasteiger charge is 2.38. The van der Waals surface area contributed by atoms with E-state index in [0.717, 1.165) is 0 Å². The lowest BCUT2D eigenvalue weighted by molar-refractivity contribution is -0.182. The lowest BCUT2D eigenvalue weighted by Gasteiger charge is -2.17. The van der Waals surface area contributed by atoms with Crippen molar-refractivity contribution in [2.45, 2.75) is 19.5 Å². The van der Waals surface area contributed by atoms with Crippen LogP contribution in [0.25, 0.3) is 0 Å². The Morgan fingerprint density at radius 1 is 1.54 bits per heavy atom.